The number of hydrogen-bond donors (Lipinski definition) is 2. The number of aliphatic hydroxyl groups excluding tert-OH is 1. The van der Waals surface area contributed by atoms with E-state index in [1.165, 1.54) is 18.2 Å². The van der Waals surface area contributed by atoms with Crippen LogP contribution in [0, 0.1) is 5.82 Å². The normalized spacial score (nSPS) is 17.8. The summed E-state index contributed by atoms with van der Waals surface area (Å²) in [5, 5.41) is 11.8. The van der Waals surface area contributed by atoms with Crippen molar-refractivity contribution in [1.29, 1.82) is 0 Å². The summed E-state index contributed by atoms with van der Waals surface area (Å²) in [5.41, 5.74) is -0.273. The molecule has 4 aromatic rings. The zero-order chi connectivity index (χ0) is 31.9. The summed E-state index contributed by atoms with van der Waals surface area (Å²) >= 11 is 3.44. The zero-order valence-electron chi connectivity index (χ0n) is 24.2. The van der Waals surface area contributed by atoms with Gasteiger partial charge in [-0.15, -0.1) is 0 Å². The average Bonchev–Trinajstić information content (AvgIpc) is 3.45. The van der Waals surface area contributed by atoms with E-state index in [2.05, 4.69) is 21.2 Å². The van der Waals surface area contributed by atoms with Gasteiger partial charge < -0.3 is 19.9 Å². The SMILES string of the molecule is O=C(NCc1ccccc1F)[C@]1(CCS(=O)(=O)c2ccccc2)N=C(c2ccc(OCCCO)cc2)O[C@@H]1c1ccc(Br)cc1. The highest BCUT2D eigenvalue weighted by Crippen LogP contribution is 2.43. The minimum atomic E-state index is -3.81. The molecule has 45 heavy (non-hydrogen) atoms. The van der Waals surface area contributed by atoms with Crippen LogP contribution in [0.1, 0.15) is 35.6 Å². The van der Waals surface area contributed by atoms with E-state index in [0.717, 1.165) is 4.47 Å². The van der Waals surface area contributed by atoms with Crippen LogP contribution in [-0.4, -0.2) is 49.8 Å². The van der Waals surface area contributed by atoms with E-state index >= 15 is 0 Å². The largest absolute Gasteiger partial charge is 0.494 e. The first-order chi connectivity index (χ1) is 21.7. The molecule has 0 radical (unpaired) electrons. The highest BCUT2D eigenvalue weighted by molar-refractivity contribution is 9.10. The van der Waals surface area contributed by atoms with E-state index in [1.54, 1.807) is 84.9 Å². The van der Waals surface area contributed by atoms with Crippen LogP contribution in [0.3, 0.4) is 0 Å². The molecule has 0 bridgehead atoms. The topological polar surface area (TPSA) is 114 Å². The second kappa shape index (κ2) is 14.4. The molecule has 0 aromatic heterocycles. The first kappa shape index (κ1) is 32.3. The minimum Gasteiger partial charge on any atom is -0.494 e. The molecule has 0 unspecified atom stereocenters. The molecule has 1 aliphatic heterocycles. The van der Waals surface area contributed by atoms with E-state index in [-0.39, 0.29) is 35.9 Å². The Balaban J connectivity index is 1.55. The molecule has 1 heterocycles. The summed E-state index contributed by atoms with van der Waals surface area (Å²) in [6.07, 6.45) is -0.712. The summed E-state index contributed by atoms with van der Waals surface area (Å²) in [6.45, 7) is 0.234. The molecule has 11 heteroatoms. The van der Waals surface area contributed by atoms with Crippen molar-refractivity contribution in [3.63, 3.8) is 0 Å². The summed E-state index contributed by atoms with van der Waals surface area (Å²) in [4.78, 5) is 19.2. The van der Waals surface area contributed by atoms with Gasteiger partial charge in [0.2, 0.25) is 5.90 Å². The van der Waals surface area contributed by atoms with Gasteiger partial charge in [-0.05, 0) is 60.2 Å². The smallest absolute Gasteiger partial charge is 0.252 e. The van der Waals surface area contributed by atoms with Gasteiger partial charge >= 0.3 is 0 Å². The maximum atomic E-state index is 14.5. The maximum absolute atomic E-state index is 14.5. The molecule has 2 atom stereocenters. The second-order valence-corrected chi connectivity index (χ2v) is 13.5. The maximum Gasteiger partial charge on any atom is 0.252 e. The fourth-order valence-electron chi connectivity index (χ4n) is 5.01. The Morgan fingerprint density at radius 2 is 1.67 bits per heavy atom. The summed E-state index contributed by atoms with van der Waals surface area (Å²) in [7, 11) is -3.81. The van der Waals surface area contributed by atoms with Crippen LogP contribution in [0.2, 0.25) is 0 Å². The molecule has 0 aliphatic carbocycles. The van der Waals surface area contributed by atoms with E-state index < -0.39 is 39.0 Å². The van der Waals surface area contributed by atoms with Crippen LogP contribution < -0.4 is 10.1 Å². The number of benzene rings is 4. The first-order valence-corrected chi connectivity index (χ1v) is 16.8. The van der Waals surface area contributed by atoms with E-state index in [1.807, 2.05) is 0 Å². The number of aliphatic hydroxyl groups is 1. The predicted molar refractivity (Wildman–Crippen MR) is 172 cm³/mol. The molecule has 8 nitrogen and oxygen atoms in total. The molecule has 234 valence electrons. The Labute approximate surface area is 270 Å². The third-order valence-electron chi connectivity index (χ3n) is 7.45. The molecule has 0 fully saturated rings. The number of nitrogens with one attached hydrogen (secondary N) is 1. The van der Waals surface area contributed by atoms with Crippen LogP contribution in [0.4, 0.5) is 4.39 Å². The number of nitrogens with zero attached hydrogens (tertiary/aromatic N) is 1. The number of carbonyl (C=O) groups is 1. The molecule has 1 amide bonds. The van der Waals surface area contributed by atoms with Crippen molar-refractivity contribution in [1.82, 2.24) is 5.32 Å². The highest BCUT2D eigenvalue weighted by Gasteiger charge is 2.53. The molecule has 0 saturated heterocycles. The minimum absolute atomic E-state index is 0.0151. The Morgan fingerprint density at radius 1 is 0.978 bits per heavy atom. The van der Waals surface area contributed by atoms with Gasteiger partial charge in [-0.2, -0.15) is 0 Å². The van der Waals surface area contributed by atoms with E-state index in [4.69, 9.17) is 19.6 Å². The lowest BCUT2D eigenvalue weighted by atomic mass is 9.85. The predicted octanol–water partition coefficient (Wildman–Crippen LogP) is 5.79. The third kappa shape index (κ3) is 7.61. The van der Waals surface area contributed by atoms with Crippen LogP contribution >= 0.6 is 15.9 Å². The molecule has 2 N–H and O–H groups in total. The van der Waals surface area contributed by atoms with Crippen molar-refractivity contribution < 1.29 is 32.2 Å². The molecule has 0 spiro atoms. The summed E-state index contributed by atoms with van der Waals surface area (Å²) in [6, 6.07) is 28.2. The highest BCUT2D eigenvalue weighted by atomic mass is 79.9. The van der Waals surface area contributed by atoms with E-state index in [0.29, 0.717) is 29.9 Å². The van der Waals surface area contributed by atoms with Crippen molar-refractivity contribution in [3.8, 4) is 5.75 Å². The van der Waals surface area contributed by atoms with Crippen molar-refractivity contribution in [2.45, 2.75) is 35.9 Å². The molecule has 0 saturated carbocycles. The van der Waals surface area contributed by atoms with Crippen molar-refractivity contribution in [2.24, 2.45) is 4.99 Å². The van der Waals surface area contributed by atoms with Gasteiger partial charge in [0.05, 0.1) is 17.3 Å². The molecule has 1 aliphatic rings. The lowest BCUT2D eigenvalue weighted by molar-refractivity contribution is -0.129. The second-order valence-electron chi connectivity index (χ2n) is 10.5. The first-order valence-electron chi connectivity index (χ1n) is 14.4. The van der Waals surface area contributed by atoms with Gasteiger partial charge in [-0.25, -0.2) is 17.8 Å². The number of rotatable bonds is 13. The molecule has 4 aromatic carbocycles. The summed E-state index contributed by atoms with van der Waals surface area (Å²) in [5.74, 6) is -0.729. The molecule has 5 rings (SSSR count). The third-order valence-corrected chi connectivity index (χ3v) is 9.71. The Morgan fingerprint density at radius 3 is 2.36 bits per heavy atom. The van der Waals surface area contributed by atoms with Gasteiger partial charge in [0.1, 0.15) is 11.6 Å². The fourth-order valence-corrected chi connectivity index (χ4v) is 6.67. The lowest BCUT2D eigenvalue weighted by Crippen LogP contribution is -2.49. The van der Waals surface area contributed by atoms with Gasteiger partial charge in [0, 0.05) is 41.6 Å². The zero-order valence-corrected chi connectivity index (χ0v) is 26.6. The number of amides is 1. The molecular formula is C34H32BrFN2O6S. The number of halogens is 2. The van der Waals surface area contributed by atoms with Gasteiger partial charge in [0.15, 0.2) is 21.5 Å². The monoisotopic (exact) mass is 694 g/mol. The van der Waals surface area contributed by atoms with E-state index in [9.17, 15) is 17.6 Å². The van der Waals surface area contributed by atoms with Crippen LogP contribution in [0.25, 0.3) is 0 Å². The Hall–Kier alpha value is -4.06. The van der Waals surface area contributed by atoms with Gasteiger partial charge in [0.25, 0.3) is 5.91 Å². The van der Waals surface area contributed by atoms with Gasteiger partial charge in [-0.1, -0.05) is 64.5 Å². The Bertz CT molecular complexity index is 1750. The lowest BCUT2D eigenvalue weighted by Gasteiger charge is -2.30. The standard InChI is InChI=1S/C34H32BrFN2O6S/c35-27-15-11-24(12-16-27)31-34(19-22-45(41,42)29-8-2-1-3-9-29,33(40)37-23-26-7-4-5-10-30(26)36)38-32(44-31)25-13-17-28(18-14-25)43-21-6-20-39/h1-5,7-18,31,39H,6,19-23H2,(H,37,40)/t31-,34-/m1/s1. The number of carbonyl (C=O) groups excluding carboxylic acids is 1. The van der Waals surface area contributed by atoms with Crippen molar-refractivity contribution >= 4 is 37.6 Å². The number of ether oxygens (including phenoxy) is 2. The van der Waals surface area contributed by atoms with Crippen molar-refractivity contribution in [2.75, 3.05) is 19.0 Å². The van der Waals surface area contributed by atoms with Crippen LogP contribution in [-0.2, 0) is 25.9 Å². The Kier molecular flexibility index (Phi) is 10.3. The average molecular weight is 696 g/mol. The van der Waals surface area contributed by atoms with Crippen LogP contribution in [0.15, 0.2) is 117 Å². The number of hydrogen-bond acceptors (Lipinski definition) is 7. The van der Waals surface area contributed by atoms with Crippen molar-refractivity contribution in [3.05, 3.63) is 130 Å². The fraction of sp³-hybridized carbons (Fsp3) is 0.235. The number of sulfone groups is 1. The number of aliphatic imine (C=N–C) groups is 1. The van der Waals surface area contributed by atoms with Gasteiger partial charge in [-0.3, -0.25) is 4.79 Å². The van der Waals surface area contributed by atoms with Crippen LogP contribution in [0.5, 0.6) is 5.75 Å². The summed E-state index contributed by atoms with van der Waals surface area (Å²) < 4.78 is 54.3. The molecular weight excluding hydrogens is 663 g/mol. The quantitative estimate of drug-likeness (QED) is 0.171.